The maximum Gasteiger partial charge on any atom is 0.261 e. The molecule has 0 bridgehead atoms. The van der Waals surface area contributed by atoms with E-state index in [0.717, 1.165) is 10.4 Å². The number of amides is 1. The third kappa shape index (κ3) is 3.44. The fourth-order valence-corrected chi connectivity index (χ4v) is 2.29. The molecule has 0 aliphatic carbocycles. The Kier molecular flexibility index (Phi) is 4.34. The maximum atomic E-state index is 12.0. The highest BCUT2D eigenvalue weighted by atomic mass is 32.1. The smallest absolute Gasteiger partial charge is 0.261 e. The molecule has 0 radical (unpaired) electrons. The molecule has 0 aliphatic heterocycles. The molecule has 1 atom stereocenters. The Morgan fingerprint density at radius 3 is 3.16 bits per heavy atom. The summed E-state index contributed by atoms with van der Waals surface area (Å²) in [5.41, 5.74) is 0.921. The highest BCUT2D eigenvalue weighted by Crippen LogP contribution is 2.17. The van der Waals surface area contributed by atoms with Crippen LogP contribution in [0.25, 0.3) is 0 Å². The van der Waals surface area contributed by atoms with Gasteiger partial charge in [-0.25, -0.2) is 0 Å². The maximum absolute atomic E-state index is 12.0. The van der Waals surface area contributed by atoms with Crippen molar-refractivity contribution >= 4 is 17.2 Å². The highest BCUT2D eigenvalue weighted by molar-refractivity contribution is 7.14. The van der Waals surface area contributed by atoms with E-state index in [2.05, 4.69) is 27.4 Å². The number of nitrogens with one attached hydrogen (secondary N) is 2. The third-order valence-electron chi connectivity index (χ3n) is 2.49. The SMILES string of the molecule is CC(NC(=O)c1ccc(C#CCO)s1)c1cn[nH]c1. The molecule has 0 aliphatic rings. The summed E-state index contributed by atoms with van der Waals surface area (Å²) in [7, 11) is 0. The minimum absolute atomic E-state index is 0.111. The number of aromatic nitrogens is 2. The Morgan fingerprint density at radius 1 is 1.63 bits per heavy atom. The summed E-state index contributed by atoms with van der Waals surface area (Å²) in [5.74, 6) is 5.18. The van der Waals surface area contributed by atoms with Gasteiger partial charge in [0.25, 0.3) is 5.91 Å². The average Bonchev–Trinajstić information content (AvgIpc) is 3.07. The molecule has 1 amide bonds. The number of hydrogen-bond donors (Lipinski definition) is 3. The largest absolute Gasteiger partial charge is 0.384 e. The van der Waals surface area contributed by atoms with Crippen molar-refractivity contribution in [2.45, 2.75) is 13.0 Å². The van der Waals surface area contributed by atoms with Gasteiger partial charge in [-0.3, -0.25) is 9.89 Å². The summed E-state index contributed by atoms with van der Waals surface area (Å²) >= 11 is 1.30. The van der Waals surface area contributed by atoms with Crippen LogP contribution in [0.1, 0.15) is 33.1 Å². The number of carbonyl (C=O) groups excluding carboxylic acids is 1. The van der Waals surface area contributed by atoms with Gasteiger partial charge in [-0.1, -0.05) is 11.8 Å². The molecule has 1 unspecified atom stereocenters. The Hall–Kier alpha value is -2.10. The summed E-state index contributed by atoms with van der Waals surface area (Å²) in [6, 6.07) is 3.38. The number of rotatable bonds is 3. The molecule has 3 N–H and O–H groups in total. The van der Waals surface area contributed by atoms with E-state index in [9.17, 15) is 4.79 Å². The van der Waals surface area contributed by atoms with Gasteiger partial charge >= 0.3 is 0 Å². The monoisotopic (exact) mass is 275 g/mol. The quantitative estimate of drug-likeness (QED) is 0.739. The lowest BCUT2D eigenvalue weighted by atomic mass is 10.2. The van der Waals surface area contributed by atoms with Crippen LogP contribution >= 0.6 is 11.3 Å². The molecular formula is C13H13N3O2S. The van der Waals surface area contributed by atoms with E-state index < -0.39 is 0 Å². The van der Waals surface area contributed by atoms with E-state index in [0.29, 0.717) is 4.88 Å². The molecule has 0 saturated carbocycles. The highest BCUT2D eigenvalue weighted by Gasteiger charge is 2.13. The van der Waals surface area contributed by atoms with Crippen LogP contribution < -0.4 is 5.32 Å². The van der Waals surface area contributed by atoms with Crippen LogP contribution in [0, 0.1) is 11.8 Å². The van der Waals surface area contributed by atoms with Crippen molar-refractivity contribution in [2.75, 3.05) is 6.61 Å². The number of aliphatic hydroxyl groups excluding tert-OH is 1. The van der Waals surface area contributed by atoms with Gasteiger partial charge in [0.1, 0.15) is 6.61 Å². The number of aliphatic hydroxyl groups is 1. The summed E-state index contributed by atoms with van der Waals surface area (Å²) in [4.78, 5) is 13.4. The van der Waals surface area contributed by atoms with Crippen LogP contribution in [-0.2, 0) is 0 Å². The Bertz CT molecular complexity index is 607. The van der Waals surface area contributed by atoms with Crippen molar-refractivity contribution in [2.24, 2.45) is 0 Å². The first kappa shape index (κ1) is 13.3. The van der Waals surface area contributed by atoms with Crippen molar-refractivity contribution in [3.8, 4) is 11.8 Å². The summed E-state index contributed by atoms with van der Waals surface area (Å²) in [5, 5.41) is 18.0. The minimum atomic E-state index is -0.184. The normalized spacial score (nSPS) is 11.5. The number of nitrogens with zero attached hydrogens (tertiary/aromatic N) is 1. The fraction of sp³-hybridized carbons (Fsp3) is 0.231. The van der Waals surface area contributed by atoms with Gasteiger partial charge in [-0.05, 0) is 19.1 Å². The zero-order valence-electron chi connectivity index (χ0n) is 10.3. The Balaban J connectivity index is 2.02. The van der Waals surface area contributed by atoms with Crippen LogP contribution in [0.2, 0.25) is 0 Å². The number of thiophene rings is 1. The predicted molar refractivity (Wildman–Crippen MR) is 72.8 cm³/mol. The van der Waals surface area contributed by atoms with Gasteiger partial charge < -0.3 is 10.4 Å². The zero-order chi connectivity index (χ0) is 13.7. The van der Waals surface area contributed by atoms with E-state index in [1.54, 1.807) is 24.5 Å². The number of carbonyl (C=O) groups is 1. The van der Waals surface area contributed by atoms with Gasteiger partial charge in [0, 0.05) is 11.8 Å². The standard InChI is InChI=1S/C13H13N3O2S/c1-9(10-7-14-15-8-10)16-13(18)12-5-4-11(19-12)3-2-6-17/h4-5,7-9,17H,6H2,1H3,(H,14,15)(H,16,18). The van der Waals surface area contributed by atoms with E-state index >= 15 is 0 Å². The van der Waals surface area contributed by atoms with Crippen molar-refractivity contribution in [1.82, 2.24) is 15.5 Å². The lowest BCUT2D eigenvalue weighted by Crippen LogP contribution is -2.25. The second-order valence-electron chi connectivity index (χ2n) is 3.85. The third-order valence-corrected chi connectivity index (χ3v) is 3.49. The first-order valence-corrected chi connectivity index (χ1v) is 6.51. The summed E-state index contributed by atoms with van der Waals surface area (Å²) in [6.07, 6.45) is 3.43. The molecule has 2 aromatic heterocycles. The molecule has 2 aromatic rings. The molecule has 0 aromatic carbocycles. The second kappa shape index (κ2) is 6.18. The van der Waals surface area contributed by atoms with E-state index in [1.807, 2.05) is 6.92 Å². The number of hydrogen-bond acceptors (Lipinski definition) is 4. The van der Waals surface area contributed by atoms with Gasteiger partial charge in [0.2, 0.25) is 0 Å². The fourth-order valence-electron chi connectivity index (χ4n) is 1.50. The molecular weight excluding hydrogens is 262 g/mol. The summed E-state index contributed by atoms with van der Waals surface area (Å²) < 4.78 is 0. The molecule has 6 heteroatoms. The first-order chi connectivity index (χ1) is 9.20. The van der Waals surface area contributed by atoms with Crippen LogP contribution in [0.5, 0.6) is 0 Å². The van der Waals surface area contributed by atoms with Crippen LogP contribution in [0.15, 0.2) is 24.5 Å². The second-order valence-corrected chi connectivity index (χ2v) is 4.93. The number of H-pyrrole nitrogens is 1. The minimum Gasteiger partial charge on any atom is -0.384 e. The first-order valence-electron chi connectivity index (χ1n) is 5.70. The lowest BCUT2D eigenvalue weighted by Gasteiger charge is -2.10. The van der Waals surface area contributed by atoms with Gasteiger partial charge in [0.15, 0.2) is 0 Å². The molecule has 98 valence electrons. The predicted octanol–water partition coefficient (Wildman–Crippen LogP) is 1.31. The Labute approximate surface area is 114 Å². The molecule has 0 spiro atoms. The molecule has 0 saturated heterocycles. The zero-order valence-corrected chi connectivity index (χ0v) is 11.1. The summed E-state index contributed by atoms with van der Waals surface area (Å²) in [6.45, 7) is 1.71. The van der Waals surface area contributed by atoms with Crippen molar-refractivity contribution in [1.29, 1.82) is 0 Å². The van der Waals surface area contributed by atoms with Crippen LogP contribution in [0.3, 0.4) is 0 Å². The van der Waals surface area contributed by atoms with Gasteiger partial charge in [-0.15, -0.1) is 11.3 Å². The molecule has 0 fully saturated rings. The van der Waals surface area contributed by atoms with Gasteiger partial charge in [0.05, 0.1) is 22.0 Å². The number of aromatic amines is 1. The van der Waals surface area contributed by atoms with Crippen molar-refractivity contribution in [3.05, 3.63) is 39.8 Å². The van der Waals surface area contributed by atoms with E-state index in [4.69, 9.17) is 5.11 Å². The Morgan fingerprint density at radius 2 is 2.47 bits per heavy atom. The lowest BCUT2D eigenvalue weighted by molar-refractivity contribution is 0.0944. The van der Waals surface area contributed by atoms with Crippen LogP contribution in [-0.4, -0.2) is 27.8 Å². The molecule has 5 nitrogen and oxygen atoms in total. The van der Waals surface area contributed by atoms with E-state index in [1.165, 1.54) is 11.3 Å². The van der Waals surface area contributed by atoms with Crippen molar-refractivity contribution < 1.29 is 9.90 Å². The molecule has 2 heterocycles. The van der Waals surface area contributed by atoms with E-state index in [-0.39, 0.29) is 18.6 Å². The molecule has 19 heavy (non-hydrogen) atoms. The molecule has 2 rings (SSSR count). The van der Waals surface area contributed by atoms with Gasteiger partial charge in [-0.2, -0.15) is 5.10 Å². The topological polar surface area (TPSA) is 78.0 Å². The van der Waals surface area contributed by atoms with Crippen molar-refractivity contribution in [3.63, 3.8) is 0 Å². The van der Waals surface area contributed by atoms with Crippen LogP contribution in [0.4, 0.5) is 0 Å². The average molecular weight is 275 g/mol.